The monoisotopic (exact) mass is 305 g/mol. The Balaban J connectivity index is 1.97. The first-order valence-electron chi connectivity index (χ1n) is 6.48. The van der Waals surface area contributed by atoms with Crippen molar-refractivity contribution in [1.82, 2.24) is 19.7 Å². The van der Waals surface area contributed by atoms with E-state index in [1.165, 1.54) is 6.20 Å². The van der Waals surface area contributed by atoms with Gasteiger partial charge in [0, 0.05) is 19.3 Å². The molecular formula is C13H15N5O2S. The first-order valence-corrected chi connectivity index (χ1v) is 7.12. The lowest BCUT2D eigenvalue weighted by molar-refractivity contribution is 0.0954. The number of hydrogen-bond acceptors (Lipinski definition) is 7. The van der Waals surface area contributed by atoms with Crippen molar-refractivity contribution in [2.45, 2.75) is 18.8 Å². The minimum atomic E-state index is -0.371. The summed E-state index contributed by atoms with van der Waals surface area (Å²) in [4.78, 5) is 20.7. The molecule has 3 rings (SSSR count). The van der Waals surface area contributed by atoms with Crippen LogP contribution in [0.2, 0.25) is 0 Å². The number of nitrogens with one attached hydrogen (secondary N) is 1. The van der Waals surface area contributed by atoms with E-state index in [4.69, 9.17) is 4.74 Å². The van der Waals surface area contributed by atoms with Crippen LogP contribution in [0.4, 0.5) is 11.6 Å². The van der Waals surface area contributed by atoms with Gasteiger partial charge in [0.25, 0.3) is 0 Å². The molecule has 1 N–H and O–H groups in total. The maximum atomic E-state index is 12.2. The number of epoxide rings is 1. The molecule has 1 saturated heterocycles. The van der Waals surface area contributed by atoms with Gasteiger partial charge in [0.15, 0.2) is 5.78 Å². The van der Waals surface area contributed by atoms with Crippen molar-refractivity contribution in [2.75, 3.05) is 11.9 Å². The van der Waals surface area contributed by atoms with Crippen LogP contribution in [0.15, 0.2) is 12.3 Å². The molecule has 3 heterocycles. The third-order valence-electron chi connectivity index (χ3n) is 3.12. The molecule has 1 aliphatic rings. The zero-order valence-electron chi connectivity index (χ0n) is 11.7. The molecule has 21 heavy (non-hydrogen) atoms. The number of ketones is 1. The predicted octanol–water partition coefficient (Wildman–Crippen LogP) is 1.27. The minimum absolute atomic E-state index is 0.109. The van der Waals surface area contributed by atoms with E-state index in [9.17, 15) is 4.79 Å². The molecule has 2 aromatic rings. The average Bonchev–Trinajstić information content (AvgIpc) is 3.25. The lowest BCUT2D eigenvalue weighted by Crippen LogP contribution is -2.14. The van der Waals surface area contributed by atoms with Gasteiger partial charge < -0.3 is 10.1 Å². The molecule has 1 fully saturated rings. The van der Waals surface area contributed by atoms with Crippen molar-refractivity contribution in [3.05, 3.63) is 29.3 Å². The highest BCUT2D eigenvalue weighted by atomic mass is 32.1. The molecule has 1 unspecified atom stereocenters. The van der Waals surface area contributed by atoms with Crippen molar-refractivity contribution in [3.8, 4) is 0 Å². The Bertz CT molecular complexity index is 696. The molecule has 2 aromatic heterocycles. The average molecular weight is 305 g/mol. The SMILES string of the molecule is Cc1cc(Nc2nc(CS)ncc2C(=O)C2CO2)n(C)n1. The molecule has 7 nitrogen and oxygen atoms in total. The van der Waals surface area contributed by atoms with Gasteiger partial charge in [-0.25, -0.2) is 9.97 Å². The number of carbonyl (C=O) groups excluding carboxylic acids is 1. The second-order valence-corrected chi connectivity index (χ2v) is 5.13. The highest BCUT2D eigenvalue weighted by molar-refractivity contribution is 7.79. The summed E-state index contributed by atoms with van der Waals surface area (Å²) in [7, 11) is 1.82. The van der Waals surface area contributed by atoms with Gasteiger partial charge in [-0.3, -0.25) is 9.48 Å². The molecular weight excluding hydrogens is 290 g/mol. The number of Topliss-reactive ketones (excluding diaryl/α,β-unsaturated/α-hetero) is 1. The topological polar surface area (TPSA) is 85.2 Å². The Morgan fingerprint density at radius 1 is 1.62 bits per heavy atom. The third kappa shape index (κ3) is 2.91. The molecule has 0 bridgehead atoms. The first-order chi connectivity index (χ1) is 10.1. The summed E-state index contributed by atoms with van der Waals surface area (Å²) < 4.78 is 6.74. The van der Waals surface area contributed by atoms with Crippen LogP contribution in [0.25, 0.3) is 0 Å². The third-order valence-corrected chi connectivity index (χ3v) is 3.40. The van der Waals surface area contributed by atoms with Crippen LogP contribution < -0.4 is 5.32 Å². The Hall–Kier alpha value is -1.93. The quantitative estimate of drug-likeness (QED) is 0.491. The Labute approximate surface area is 127 Å². The Morgan fingerprint density at radius 2 is 2.38 bits per heavy atom. The molecule has 0 saturated carbocycles. The molecule has 1 aliphatic heterocycles. The summed E-state index contributed by atoms with van der Waals surface area (Å²) in [5.41, 5.74) is 1.30. The van der Waals surface area contributed by atoms with Crippen LogP contribution in [0.1, 0.15) is 21.9 Å². The predicted molar refractivity (Wildman–Crippen MR) is 80.0 cm³/mol. The summed E-state index contributed by atoms with van der Waals surface area (Å²) >= 11 is 4.17. The van der Waals surface area contributed by atoms with Gasteiger partial charge in [-0.15, -0.1) is 0 Å². The number of carbonyl (C=O) groups is 1. The molecule has 0 amide bonds. The molecule has 0 aliphatic carbocycles. The maximum absolute atomic E-state index is 12.2. The van der Waals surface area contributed by atoms with Crippen LogP contribution >= 0.6 is 12.6 Å². The Morgan fingerprint density at radius 3 is 2.95 bits per heavy atom. The van der Waals surface area contributed by atoms with E-state index in [0.29, 0.717) is 29.6 Å². The lowest BCUT2D eigenvalue weighted by atomic mass is 10.1. The number of anilines is 2. The number of thiol groups is 1. The summed E-state index contributed by atoms with van der Waals surface area (Å²) in [5.74, 6) is 2.04. The summed E-state index contributed by atoms with van der Waals surface area (Å²) in [6.07, 6.45) is 1.15. The molecule has 8 heteroatoms. The fourth-order valence-electron chi connectivity index (χ4n) is 1.99. The van der Waals surface area contributed by atoms with Crippen molar-refractivity contribution in [1.29, 1.82) is 0 Å². The molecule has 0 spiro atoms. The number of aromatic nitrogens is 4. The van der Waals surface area contributed by atoms with Crippen LogP contribution in [-0.4, -0.2) is 38.2 Å². The molecule has 1 atom stereocenters. The lowest BCUT2D eigenvalue weighted by Gasteiger charge is -2.10. The fourth-order valence-corrected chi connectivity index (χ4v) is 2.14. The second kappa shape index (κ2) is 5.45. The van der Waals surface area contributed by atoms with E-state index in [1.807, 2.05) is 20.0 Å². The molecule has 0 radical (unpaired) electrons. The van der Waals surface area contributed by atoms with Gasteiger partial charge in [0.1, 0.15) is 23.6 Å². The van der Waals surface area contributed by atoms with Gasteiger partial charge >= 0.3 is 0 Å². The zero-order valence-corrected chi connectivity index (χ0v) is 12.6. The van der Waals surface area contributed by atoms with Crippen molar-refractivity contribution >= 4 is 30.0 Å². The van der Waals surface area contributed by atoms with Crippen LogP contribution in [0, 0.1) is 6.92 Å². The smallest absolute Gasteiger partial charge is 0.199 e. The fraction of sp³-hybridized carbons (Fsp3) is 0.385. The van der Waals surface area contributed by atoms with E-state index in [1.54, 1.807) is 4.68 Å². The van der Waals surface area contributed by atoms with Crippen molar-refractivity contribution < 1.29 is 9.53 Å². The maximum Gasteiger partial charge on any atom is 0.199 e. The summed E-state index contributed by atoms with van der Waals surface area (Å²) in [6, 6.07) is 1.88. The summed E-state index contributed by atoms with van der Waals surface area (Å²) in [6.45, 7) is 2.35. The Kier molecular flexibility index (Phi) is 3.64. The van der Waals surface area contributed by atoms with Gasteiger partial charge in [-0.05, 0) is 6.92 Å². The molecule has 110 valence electrons. The van der Waals surface area contributed by atoms with Crippen molar-refractivity contribution in [2.24, 2.45) is 7.05 Å². The largest absolute Gasteiger partial charge is 0.364 e. The van der Waals surface area contributed by atoms with E-state index < -0.39 is 0 Å². The van der Waals surface area contributed by atoms with Crippen molar-refractivity contribution in [3.63, 3.8) is 0 Å². The number of aryl methyl sites for hydroxylation is 2. The van der Waals surface area contributed by atoms with Gasteiger partial charge in [0.05, 0.1) is 23.6 Å². The molecule has 0 aromatic carbocycles. The minimum Gasteiger partial charge on any atom is -0.364 e. The summed E-state index contributed by atoms with van der Waals surface area (Å²) in [5, 5.41) is 7.40. The van der Waals surface area contributed by atoms with Gasteiger partial charge in [-0.1, -0.05) is 0 Å². The van der Waals surface area contributed by atoms with Crippen LogP contribution in [0.3, 0.4) is 0 Å². The van der Waals surface area contributed by atoms with E-state index in [2.05, 4.69) is 33.0 Å². The first kappa shape index (κ1) is 14.0. The highest BCUT2D eigenvalue weighted by Crippen LogP contribution is 2.24. The van der Waals surface area contributed by atoms with E-state index >= 15 is 0 Å². The standard InChI is InChI=1S/C13H15N5O2S/c1-7-3-11(18(2)17-7)16-13-8(12(19)9-5-20-9)4-14-10(6-21)15-13/h3-4,9,21H,5-6H2,1-2H3,(H,14,15,16). The van der Waals surface area contributed by atoms with E-state index in [0.717, 1.165) is 11.5 Å². The number of hydrogen-bond donors (Lipinski definition) is 2. The normalized spacial score (nSPS) is 16.8. The zero-order chi connectivity index (χ0) is 15.0. The highest BCUT2D eigenvalue weighted by Gasteiger charge is 2.34. The van der Waals surface area contributed by atoms with E-state index in [-0.39, 0.29) is 11.9 Å². The van der Waals surface area contributed by atoms with Crippen LogP contribution in [0.5, 0.6) is 0 Å². The van der Waals surface area contributed by atoms with Crippen LogP contribution in [-0.2, 0) is 17.5 Å². The number of ether oxygens (including phenoxy) is 1. The van der Waals surface area contributed by atoms with Gasteiger partial charge in [0.2, 0.25) is 0 Å². The number of nitrogens with zero attached hydrogens (tertiary/aromatic N) is 4. The van der Waals surface area contributed by atoms with Gasteiger partial charge in [-0.2, -0.15) is 17.7 Å². The number of rotatable bonds is 5. The second-order valence-electron chi connectivity index (χ2n) is 4.81.